The van der Waals surface area contributed by atoms with Gasteiger partial charge in [-0.25, -0.2) is 4.98 Å². The molecule has 1 aromatic heterocycles. The zero-order chi connectivity index (χ0) is 10.1. The van der Waals surface area contributed by atoms with E-state index in [-0.39, 0.29) is 10.7 Å². The number of carbonyl (C=O) groups excluding carboxylic acids is 1. The predicted molar refractivity (Wildman–Crippen MR) is 44.2 cm³/mol. The molecule has 0 radical (unpaired) electrons. The van der Waals surface area contributed by atoms with Crippen molar-refractivity contribution in [1.82, 2.24) is 4.98 Å². The van der Waals surface area contributed by atoms with Crippen molar-refractivity contribution in [3.63, 3.8) is 0 Å². The van der Waals surface area contributed by atoms with Gasteiger partial charge in [0.05, 0.1) is 0 Å². The topological polar surface area (TPSA) is 30.0 Å². The first-order chi connectivity index (χ1) is 5.91. The molecule has 2 nitrogen and oxygen atoms in total. The Hall–Kier alpha value is -1.03. The van der Waals surface area contributed by atoms with Gasteiger partial charge in [-0.05, 0) is 12.1 Å². The molecule has 5 heteroatoms. The van der Waals surface area contributed by atoms with Crippen molar-refractivity contribution in [1.29, 1.82) is 0 Å². The van der Waals surface area contributed by atoms with Crippen LogP contribution in [-0.4, -0.2) is 16.7 Å². The molecular weight excluding hydrogens is 200 g/mol. The molecule has 0 fully saturated rings. The summed E-state index contributed by atoms with van der Waals surface area (Å²) in [6, 6.07) is 2.31. The van der Waals surface area contributed by atoms with E-state index in [2.05, 4.69) is 4.98 Å². The van der Waals surface area contributed by atoms with E-state index >= 15 is 0 Å². The predicted octanol–water partition coefficient (Wildman–Crippen LogP) is 2.57. The van der Waals surface area contributed by atoms with Crippen LogP contribution in [0.4, 0.5) is 8.78 Å². The largest absolute Gasteiger partial charge is 0.307 e. The highest BCUT2D eigenvalue weighted by molar-refractivity contribution is 6.29. The highest BCUT2D eigenvalue weighted by Gasteiger charge is 2.33. The molecule has 0 saturated heterocycles. The Morgan fingerprint density at radius 1 is 1.62 bits per heavy atom. The fraction of sp³-hybridized carbons (Fsp3) is 0.250. The SMILES string of the molecule is CC(F)(F)C(=O)c1ccnc(Cl)c1. The van der Waals surface area contributed by atoms with Crippen molar-refractivity contribution in [2.45, 2.75) is 12.8 Å². The van der Waals surface area contributed by atoms with Crippen LogP contribution in [0.1, 0.15) is 17.3 Å². The third-order valence-electron chi connectivity index (χ3n) is 1.39. The molecule has 0 amide bonds. The molecule has 0 aliphatic rings. The first kappa shape index (κ1) is 10.1. The van der Waals surface area contributed by atoms with Crippen LogP contribution < -0.4 is 0 Å². The van der Waals surface area contributed by atoms with E-state index in [0.717, 1.165) is 6.07 Å². The number of aromatic nitrogens is 1. The number of ketones is 1. The summed E-state index contributed by atoms with van der Waals surface area (Å²) in [5.74, 6) is -4.62. The van der Waals surface area contributed by atoms with Crippen LogP contribution in [0.25, 0.3) is 0 Å². The van der Waals surface area contributed by atoms with Crippen molar-refractivity contribution in [3.8, 4) is 0 Å². The maximum Gasteiger partial charge on any atom is 0.307 e. The number of alkyl halides is 2. The molecule has 0 aliphatic carbocycles. The second kappa shape index (κ2) is 3.38. The van der Waals surface area contributed by atoms with Gasteiger partial charge in [0.2, 0.25) is 5.78 Å². The maximum atomic E-state index is 12.5. The molecule has 0 aliphatic heterocycles. The van der Waals surface area contributed by atoms with E-state index in [1.54, 1.807) is 0 Å². The van der Waals surface area contributed by atoms with Gasteiger partial charge < -0.3 is 0 Å². The summed E-state index contributed by atoms with van der Waals surface area (Å²) in [7, 11) is 0. The molecule has 0 spiro atoms. The van der Waals surface area contributed by atoms with Crippen LogP contribution >= 0.6 is 11.6 Å². The van der Waals surface area contributed by atoms with Crippen LogP contribution in [0.2, 0.25) is 5.15 Å². The van der Waals surface area contributed by atoms with Gasteiger partial charge >= 0.3 is 5.92 Å². The summed E-state index contributed by atoms with van der Waals surface area (Å²) in [5, 5.41) is 0.0232. The zero-order valence-corrected chi connectivity index (χ0v) is 7.48. The third kappa shape index (κ3) is 2.45. The number of carbonyl (C=O) groups is 1. The fourth-order valence-electron chi connectivity index (χ4n) is 0.797. The molecule has 13 heavy (non-hydrogen) atoms. The van der Waals surface area contributed by atoms with E-state index in [4.69, 9.17) is 11.6 Å². The highest BCUT2D eigenvalue weighted by Crippen LogP contribution is 2.19. The first-order valence-electron chi connectivity index (χ1n) is 3.45. The standard InChI is InChI=1S/C8H6ClF2NO/c1-8(10,11)7(13)5-2-3-12-6(9)4-5/h2-4H,1H3. The molecular formula is C8H6ClF2NO. The van der Waals surface area contributed by atoms with Gasteiger partial charge in [0.25, 0.3) is 0 Å². The molecule has 1 rings (SSSR count). The van der Waals surface area contributed by atoms with Gasteiger partial charge in [-0.3, -0.25) is 4.79 Å². The summed E-state index contributed by atoms with van der Waals surface area (Å²) in [6.45, 7) is 0.545. The number of nitrogens with zero attached hydrogens (tertiary/aromatic N) is 1. The Kier molecular flexibility index (Phi) is 2.61. The number of rotatable bonds is 2. The highest BCUT2D eigenvalue weighted by atomic mass is 35.5. The van der Waals surface area contributed by atoms with Crippen LogP contribution in [0.5, 0.6) is 0 Å². The molecule has 1 heterocycles. The third-order valence-corrected chi connectivity index (χ3v) is 1.59. The van der Waals surface area contributed by atoms with E-state index < -0.39 is 11.7 Å². The monoisotopic (exact) mass is 205 g/mol. The minimum Gasteiger partial charge on any atom is -0.287 e. The second-order valence-corrected chi connectivity index (χ2v) is 2.97. The van der Waals surface area contributed by atoms with E-state index in [1.165, 1.54) is 12.3 Å². The molecule has 1 aromatic rings. The summed E-state index contributed by atoms with van der Waals surface area (Å²) >= 11 is 5.43. The molecule has 70 valence electrons. The van der Waals surface area contributed by atoms with Crippen LogP contribution in [0.3, 0.4) is 0 Å². The number of pyridine rings is 1. The summed E-state index contributed by atoms with van der Waals surface area (Å²) in [6.07, 6.45) is 1.21. The number of hydrogen-bond acceptors (Lipinski definition) is 2. The van der Waals surface area contributed by atoms with Crippen molar-refractivity contribution < 1.29 is 13.6 Å². The fourth-order valence-corrected chi connectivity index (χ4v) is 0.971. The van der Waals surface area contributed by atoms with E-state index in [9.17, 15) is 13.6 Å². The number of hydrogen-bond donors (Lipinski definition) is 0. The quantitative estimate of drug-likeness (QED) is 0.549. The summed E-state index contributed by atoms with van der Waals surface area (Å²) in [5.41, 5.74) is -0.132. The summed E-state index contributed by atoms with van der Waals surface area (Å²) < 4.78 is 25.0. The van der Waals surface area contributed by atoms with Gasteiger partial charge in [0.1, 0.15) is 5.15 Å². The van der Waals surface area contributed by atoms with Gasteiger partial charge in [0, 0.05) is 18.7 Å². The lowest BCUT2D eigenvalue weighted by Gasteiger charge is -2.07. The molecule has 0 aromatic carbocycles. The van der Waals surface area contributed by atoms with Crippen LogP contribution in [0.15, 0.2) is 18.3 Å². The molecule has 0 N–H and O–H groups in total. The van der Waals surface area contributed by atoms with Gasteiger partial charge in [0.15, 0.2) is 0 Å². The minimum absolute atomic E-state index is 0.0232. The van der Waals surface area contributed by atoms with Gasteiger partial charge in [-0.15, -0.1) is 0 Å². The van der Waals surface area contributed by atoms with Crippen molar-refractivity contribution in [3.05, 3.63) is 29.0 Å². The Bertz CT molecular complexity index is 335. The second-order valence-electron chi connectivity index (χ2n) is 2.58. The van der Waals surface area contributed by atoms with Gasteiger partial charge in [-0.1, -0.05) is 11.6 Å². The van der Waals surface area contributed by atoms with Crippen LogP contribution in [-0.2, 0) is 0 Å². The lowest BCUT2D eigenvalue weighted by Crippen LogP contribution is -2.24. The Morgan fingerprint density at radius 2 is 2.23 bits per heavy atom. The lowest BCUT2D eigenvalue weighted by atomic mass is 10.1. The Morgan fingerprint density at radius 3 is 2.69 bits per heavy atom. The lowest BCUT2D eigenvalue weighted by molar-refractivity contribution is 0.0221. The van der Waals surface area contributed by atoms with Crippen molar-refractivity contribution >= 4 is 17.4 Å². The molecule has 0 saturated carbocycles. The van der Waals surface area contributed by atoms with Crippen LogP contribution in [0, 0.1) is 0 Å². The van der Waals surface area contributed by atoms with Gasteiger partial charge in [-0.2, -0.15) is 8.78 Å². The minimum atomic E-state index is -3.37. The first-order valence-corrected chi connectivity index (χ1v) is 3.83. The molecule has 0 atom stereocenters. The smallest absolute Gasteiger partial charge is 0.287 e. The Labute approximate surface area is 78.5 Å². The number of halogens is 3. The van der Waals surface area contributed by atoms with Crippen molar-refractivity contribution in [2.75, 3.05) is 0 Å². The number of Topliss-reactive ketones (excluding diaryl/α,β-unsaturated/α-hetero) is 1. The average Bonchev–Trinajstić information content (AvgIpc) is 2.01. The average molecular weight is 206 g/mol. The normalized spacial score (nSPS) is 11.4. The van der Waals surface area contributed by atoms with E-state index in [1.807, 2.05) is 0 Å². The zero-order valence-electron chi connectivity index (χ0n) is 6.72. The Balaban J connectivity index is 3.03. The molecule has 0 unspecified atom stereocenters. The maximum absolute atomic E-state index is 12.5. The summed E-state index contributed by atoms with van der Waals surface area (Å²) in [4.78, 5) is 14.6. The van der Waals surface area contributed by atoms with Crippen molar-refractivity contribution in [2.24, 2.45) is 0 Å². The van der Waals surface area contributed by atoms with E-state index in [0.29, 0.717) is 6.92 Å². The molecule has 0 bridgehead atoms.